The van der Waals surface area contributed by atoms with Gasteiger partial charge in [-0.1, -0.05) is 11.6 Å². The SMILES string of the molecule is CN(C)Cc1cnc2ccc(Oc3ccc(NC(=O)Nc4ccc(Cl)c(F)c4)cc3F)cc2n1. The molecule has 0 unspecified atom stereocenters. The van der Waals surface area contributed by atoms with Gasteiger partial charge in [-0.15, -0.1) is 0 Å². The lowest BCUT2D eigenvalue weighted by Gasteiger charge is -2.11. The number of nitrogens with zero attached hydrogens (tertiary/aromatic N) is 3. The van der Waals surface area contributed by atoms with Gasteiger partial charge in [-0.2, -0.15) is 0 Å². The zero-order valence-corrected chi connectivity index (χ0v) is 19.0. The number of fused-ring (bicyclic) bond motifs is 1. The van der Waals surface area contributed by atoms with Crippen LogP contribution in [0.2, 0.25) is 5.02 Å². The first-order chi connectivity index (χ1) is 16.3. The van der Waals surface area contributed by atoms with Crippen molar-refractivity contribution in [3.63, 3.8) is 0 Å². The van der Waals surface area contributed by atoms with E-state index in [1.165, 1.54) is 24.3 Å². The molecular formula is C24H20ClF2N5O2. The van der Waals surface area contributed by atoms with E-state index in [0.717, 1.165) is 17.8 Å². The second-order valence-corrected chi connectivity index (χ2v) is 8.11. The number of halogens is 3. The Kier molecular flexibility index (Phi) is 6.85. The van der Waals surface area contributed by atoms with Gasteiger partial charge in [0.1, 0.15) is 11.6 Å². The van der Waals surface area contributed by atoms with E-state index in [4.69, 9.17) is 16.3 Å². The van der Waals surface area contributed by atoms with Crippen LogP contribution in [0, 0.1) is 11.6 Å². The lowest BCUT2D eigenvalue weighted by atomic mass is 10.2. The maximum Gasteiger partial charge on any atom is 0.323 e. The summed E-state index contributed by atoms with van der Waals surface area (Å²) in [5.41, 5.74) is 2.52. The van der Waals surface area contributed by atoms with Gasteiger partial charge in [-0.3, -0.25) is 4.98 Å². The Morgan fingerprint density at radius 3 is 2.35 bits per heavy atom. The van der Waals surface area contributed by atoms with Crippen LogP contribution in [0.1, 0.15) is 5.69 Å². The third kappa shape index (κ3) is 5.75. The highest BCUT2D eigenvalue weighted by Crippen LogP contribution is 2.28. The summed E-state index contributed by atoms with van der Waals surface area (Å²) in [6.45, 7) is 0.637. The standard InChI is InChI=1S/C24H20ClF2N5O2/c1-32(2)13-16-12-28-21-7-5-17(11-22(21)29-16)34-23-8-4-15(10-20(23)27)31-24(33)30-14-3-6-18(25)19(26)9-14/h3-12H,13H2,1-2H3,(H2,30,31,33). The lowest BCUT2D eigenvalue weighted by molar-refractivity contribution is 0.262. The molecule has 0 spiro atoms. The summed E-state index contributed by atoms with van der Waals surface area (Å²) in [4.78, 5) is 23.1. The smallest absolute Gasteiger partial charge is 0.323 e. The summed E-state index contributed by atoms with van der Waals surface area (Å²) in [5.74, 6) is -0.975. The van der Waals surface area contributed by atoms with Gasteiger partial charge in [0.2, 0.25) is 0 Å². The van der Waals surface area contributed by atoms with Crippen LogP contribution >= 0.6 is 11.6 Å². The first kappa shape index (κ1) is 23.3. The number of ether oxygens (including phenoxy) is 1. The summed E-state index contributed by atoms with van der Waals surface area (Å²) >= 11 is 5.63. The van der Waals surface area contributed by atoms with Crippen molar-refractivity contribution in [2.45, 2.75) is 6.54 Å². The Morgan fingerprint density at radius 1 is 0.971 bits per heavy atom. The number of anilines is 2. The molecule has 0 fully saturated rings. The van der Waals surface area contributed by atoms with Crippen LogP contribution in [0.3, 0.4) is 0 Å². The molecular weight excluding hydrogens is 464 g/mol. The van der Waals surface area contributed by atoms with Gasteiger partial charge in [0, 0.05) is 30.1 Å². The van der Waals surface area contributed by atoms with Gasteiger partial charge >= 0.3 is 6.03 Å². The molecule has 1 aromatic heterocycles. The average molecular weight is 484 g/mol. The zero-order valence-electron chi connectivity index (χ0n) is 18.3. The number of aromatic nitrogens is 2. The largest absolute Gasteiger partial charge is 0.454 e. The first-order valence-electron chi connectivity index (χ1n) is 10.2. The molecule has 3 aromatic carbocycles. The Morgan fingerprint density at radius 2 is 1.68 bits per heavy atom. The molecule has 2 N–H and O–H groups in total. The summed E-state index contributed by atoms with van der Waals surface area (Å²) in [6, 6.07) is 12.3. The normalized spacial score (nSPS) is 11.0. The van der Waals surface area contributed by atoms with Crippen molar-refractivity contribution in [2.24, 2.45) is 0 Å². The van der Waals surface area contributed by atoms with Crippen molar-refractivity contribution in [1.29, 1.82) is 0 Å². The Labute approximate surface area is 199 Å². The molecule has 0 aliphatic rings. The van der Waals surface area contributed by atoms with Gasteiger partial charge in [-0.05, 0) is 56.6 Å². The predicted octanol–water partition coefficient (Wildman–Crippen LogP) is 6.06. The van der Waals surface area contributed by atoms with E-state index < -0.39 is 17.7 Å². The zero-order chi connectivity index (χ0) is 24.2. The summed E-state index contributed by atoms with van der Waals surface area (Å²) in [5, 5.41) is 4.87. The molecule has 0 bridgehead atoms. The van der Waals surface area contributed by atoms with E-state index in [1.54, 1.807) is 24.4 Å². The van der Waals surface area contributed by atoms with Gasteiger partial charge in [0.15, 0.2) is 11.6 Å². The second-order valence-electron chi connectivity index (χ2n) is 7.70. The highest BCUT2D eigenvalue weighted by Gasteiger charge is 2.11. The van der Waals surface area contributed by atoms with E-state index in [0.29, 0.717) is 23.3 Å². The van der Waals surface area contributed by atoms with Crippen molar-refractivity contribution < 1.29 is 18.3 Å². The van der Waals surface area contributed by atoms with E-state index in [9.17, 15) is 13.6 Å². The van der Waals surface area contributed by atoms with Gasteiger partial charge < -0.3 is 20.3 Å². The van der Waals surface area contributed by atoms with Crippen molar-refractivity contribution >= 4 is 40.0 Å². The van der Waals surface area contributed by atoms with Crippen LogP contribution < -0.4 is 15.4 Å². The summed E-state index contributed by atoms with van der Waals surface area (Å²) < 4.78 is 33.8. The lowest BCUT2D eigenvalue weighted by Crippen LogP contribution is -2.19. The number of carbonyl (C=O) groups is 1. The topological polar surface area (TPSA) is 79.4 Å². The Balaban J connectivity index is 1.44. The second kappa shape index (κ2) is 9.98. The third-order valence-corrected chi connectivity index (χ3v) is 4.94. The van der Waals surface area contributed by atoms with Crippen molar-refractivity contribution in [2.75, 3.05) is 24.7 Å². The summed E-state index contributed by atoms with van der Waals surface area (Å²) in [6.07, 6.45) is 1.72. The maximum absolute atomic E-state index is 14.6. The van der Waals surface area contributed by atoms with Gasteiger partial charge in [-0.25, -0.2) is 18.6 Å². The molecule has 4 rings (SSSR count). The highest BCUT2D eigenvalue weighted by atomic mass is 35.5. The molecule has 1 heterocycles. The molecule has 34 heavy (non-hydrogen) atoms. The quantitative estimate of drug-likeness (QED) is 0.348. The van der Waals surface area contributed by atoms with Crippen LogP contribution in [-0.2, 0) is 6.54 Å². The van der Waals surface area contributed by atoms with Crippen LogP contribution in [0.5, 0.6) is 11.5 Å². The Hall–Kier alpha value is -3.82. The van der Waals surface area contributed by atoms with Crippen molar-refractivity contribution in [3.8, 4) is 11.5 Å². The predicted molar refractivity (Wildman–Crippen MR) is 127 cm³/mol. The van der Waals surface area contributed by atoms with Crippen molar-refractivity contribution in [1.82, 2.24) is 14.9 Å². The molecule has 0 aliphatic heterocycles. The fraction of sp³-hybridized carbons (Fsp3) is 0.125. The molecule has 0 atom stereocenters. The fourth-order valence-electron chi connectivity index (χ4n) is 3.15. The average Bonchev–Trinajstić information content (AvgIpc) is 2.77. The van der Waals surface area contributed by atoms with Crippen LogP contribution in [0.4, 0.5) is 25.0 Å². The molecule has 0 saturated heterocycles. The van der Waals surface area contributed by atoms with E-state index >= 15 is 0 Å². The number of urea groups is 1. The summed E-state index contributed by atoms with van der Waals surface area (Å²) in [7, 11) is 3.88. The number of hydrogen-bond acceptors (Lipinski definition) is 5. The minimum atomic E-state index is -0.678. The number of nitrogens with one attached hydrogen (secondary N) is 2. The van der Waals surface area contributed by atoms with E-state index in [1.807, 2.05) is 19.0 Å². The van der Waals surface area contributed by atoms with Gasteiger partial charge in [0.05, 0.1) is 27.9 Å². The minimum Gasteiger partial charge on any atom is -0.454 e. The fourth-order valence-corrected chi connectivity index (χ4v) is 3.27. The monoisotopic (exact) mass is 483 g/mol. The molecule has 4 aromatic rings. The number of rotatable bonds is 6. The maximum atomic E-state index is 14.6. The van der Waals surface area contributed by atoms with Gasteiger partial charge in [0.25, 0.3) is 0 Å². The molecule has 7 nitrogen and oxygen atoms in total. The number of benzene rings is 3. The first-order valence-corrected chi connectivity index (χ1v) is 10.6. The van der Waals surface area contributed by atoms with Crippen LogP contribution in [-0.4, -0.2) is 35.0 Å². The van der Waals surface area contributed by atoms with Crippen molar-refractivity contribution in [3.05, 3.63) is 83.1 Å². The van der Waals surface area contributed by atoms with Crippen LogP contribution in [0.15, 0.2) is 60.8 Å². The number of amides is 2. The minimum absolute atomic E-state index is 0.0255. The van der Waals surface area contributed by atoms with E-state index in [2.05, 4.69) is 20.6 Å². The number of carbonyl (C=O) groups excluding carboxylic acids is 1. The Bertz CT molecular complexity index is 1370. The molecule has 0 aliphatic carbocycles. The molecule has 174 valence electrons. The highest BCUT2D eigenvalue weighted by molar-refractivity contribution is 6.30. The molecule has 10 heteroatoms. The molecule has 2 amide bonds. The third-order valence-electron chi connectivity index (χ3n) is 4.64. The van der Waals surface area contributed by atoms with E-state index in [-0.39, 0.29) is 22.1 Å². The molecule has 0 saturated carbocycles. The van der Waals surface area contributed by atoms with Crippen LogP contribution in [0.25, 0.3) is 11.0 Å². The number of hydrogen-bond donors (Lipinski definition) is 2. The molecule has 0 radical (unpaired) electrons.